The van der Waals surface area contributed by atoms with Crippen molar-refractivity contribution in [3.63, 3.8) is 0 Å². The van der Waals surface area contributed by atoms with Crippen LogP contribution < -0.4 is 14.0 Å². The number of benzene rings is 1. The average Bonchev–Trinajstić information content (AvgIpc) is 2.65. The van der Waals surface area contributed by atoms with E-state index in [9.17, 15) is 14.2 Å². The van der Waals surface area contributed by atoms with Crippen molar-refractivity contribution in [3.8, 4) is 17.2 Å². The van der Waals surface area contributed by atoms with Crippen molar-refractivity contribution in [3.05, 3.63) is 23.3 Å². The predicted molar refractivity (Wildman–Crippen MR) is 108 cm³/mol. The lowest BCUT2D eigenvalue weighted by atomic mass is 10.1. The highest BCUT2D eigenvalue weighted by Gasteiger charge is 2.38. The molecule has 1 aromatic carbocycles. The lowest BCUT2D eigenvalue weighted by molar-refractivity contribution is -0.133. The summed E-state index contributed by atoms with van der Waals surface area (Å²) in [6.45, 7) is 4.07. The van der Waals surface area contributed by atoms with Gasteiger partial charge in [0.15, 0.2) is 16.6 Å². The molecule has 29 heavy (non-hydrogen) atoms. The van der Waals surface area contributed by atoms with Crippen LogP contribution in [-0.4, -0.2) is 63.8 Å². The summed E-state index contributed by atoms with van der Waals surface area (Å²) in [6, 6.07) is 2.72. The van der Waals surface area contributed by atoms with E-state index in [2.05, 4.69) is 4.52 Å². The first kappa shape index (κ1) is 22.8. The molecule has 0 aromatic heterocycles. The molecular formula is C17H21N2O8PS. The van der Waals surface area contributed by atoms with Crippen molar-refractivity contribution in [2.24, 2.45) is 0 Å². The number of carbonyl (C=O) groups is 2. The summed E-state index contributed by atoms with van der Waals surface area (Å²) in [6.07, 6.45) is 1.34. The molecular weight excluding hydrogens is 423 g/mol. The predicted octanol–water partition coefficient (Wildman–Crippen LogP) is 1.55. The van der Waals surface area contributed by atoms with Crippen LogP contribution in [-0.2, 0) is 14.2 Å². The fourth-order valence-corrected chi connectivity index (χ4v) is 3.58. The number of ether oxygens (including phenoxy) is 2. The number of thiocarbonyl (C=S) groups is 1. The van der Waals surface area contributed by atoms with Crippen molar-refractivity contribution in [1.29, 1.82) is 0 Å². The Morgan fingerprint density at radius 1 is 1.03 bits per heavy atom. The van der Waals surface area contributed by atoms with Gasteiger partial charge in [-0.05, 0) is 49.8 Å². The van der Waals surface area contributed by atoms with Gasteiger partial charge in [-0.15, -0.1) is 0 Å². The number of hydrogen-bond acceptors (Lipinski definition) is 7. The Hall–Kier alpha value is -2.46. The van der Waals surface area contributed by atoms with Crippen LogP contribution in [0.15, 0.2) is 17.7 Å². The van der Waals surface area contributed by atoms with E-state index >= 15 is 0 Å². The normalized spacial score (nSPS) is 15.0. The Morgan fingerprint density at radius 3 is 1.83 bits per heavy atom. The quantitative estimate of drug-likeness (QED) is 0.279. The third-order valence-electron chi connectivity index (χ3n) is 4.05. The van der Waals surface area contributed by atoms with Gasteiger partial charge in [0.1, 0.15) is 5.57 Å². The van der Waals surface area contributed by atoms with E-state index in [1.807, 2.05) is 0 Å². The molecule has 2 amide bonds. The molecule has 0 unspecified atom stereocenters. The minimum Gasteiger partial charge on any atom is -0.493 e. The summed E-state index contributed by atoms with van der Waals surface area (Å²) in [5.74, 6) is -1.49. The highest BCUT2D eigenvalue weighted by Crippen LogP contribution is 2.48. The van der Waals surface area contributed by atoms with Crippen LogP contribution in [0.25, 0.3) is 6.08 Å². The van der Waals surface area contributed by atoms with Crippen LogP contribution in [0.3, 0.4) is 0 Å². The minimum absolute atomic E-state index is 0.0505. The van der Waals surface area contributed by atoms with Crippen LogP contribution in [0, 0.1) is 0 Å². The molecule has 158 valence electrons. The first-order valence-corrected chi connectivity index (χ1v) is 10.4. The van der Waals surface area contributed by atoms with Crippen LogP contribution in [0.4, 0.5) is 0 Å². The van der Waals surface area contributed by atoms with E-state index in [0.29, 0.717) is 18.7 Å². The molecule has 1 aliphatic heterocycles. The molecule has 0 aliphatic carbocycles. The van der Waals surface area contributed by atoms with E-state index in [1.54, 1.807) is 13.8 Å². The van der Waals surface area contributed by atoms with Crippen molar-refractivity contribution >= 4 is 43.0 Å². The Labute approximate surface area is 172 Å². The molecule has 1 saturated heterocycles. The topological polar surface area (TPSA) is 126 Å². The minimum atomic E-state index is -4.88. The summed E-state index contributed by atoms with van der Waals surface area (Å²) in [5.41, 5.74) is 0.212. The van der Waals surface area contributed by atoms with Crippen LogP contribution in [0.2, 0.25) is 0 Å². The van der Waals surface area contributed by atoms with E-state index < -0.39 is 19.6 Å². The molecule has 12 heteroatoms. The summed E-state index contributed by atoms with van der Waals surface area (Å²) < 4.78 is 26.1. The third-order valence-corrected chi connectivity index (χ3v) is 4.91. The van der Waals surface area contributed by atoms with Gasteiger partial charge >= 0.3 is 7.82 Å². The highest BCUT2D eigenvalue weighted by molar-refractivity contribution is 7.80. The number of rotatable bonds is 7. The van der Waals surface area contributed by atoms with Gasteiger partial charge in [0.05, 0.1) is 14.2 Å². The number of carbonyl (C=O) groups excluding carboxylic acids is 2. The zero-order valence-electron chi connectivity index (χ0n) is 16.2. The van der Waals surface area contributed by atoms with E-state index in [1.165, 1.54) is 42.2 Å². The SMILES string of the molecule is CCN1C(=O)C(=Cc2cc(OC)c(OP(=O)(O)O)c(OC)c2)C(=O)N(CC)C1=S. The maximum atomic E-state index is 12.7. The molecule has 1 aromatic rings. The standard InChI is InChI=1S/C17H21N2O8PS/c1-5-18-15(20)11(16(21)19(6-2)17(18)29)7-10-8-12(25-3)14(13(9-10)26-4)27-28(22,23)24/h7-9H,5-6H2,1-4H3,(H2,22,23,24). The second-order valence-electron chi connectivity index (χ2n) is 5.78. The molecule has 10 nitrogen and oxygen atoms in total. The van der Waals surface area contributed by atoms with Crippen LogP contribution in [0.5, 0.6) is 17.2 Å². The number of phosphoric ester groups is 1. The van der Waals surface area contributed by atoms with Gasteiger partial charge in [0, 0.05) is 13.1 Å². The molecule has 0 bridgehead atoms. The first-order chi connectivity index (χ1) is 13.6. The van der Waals surface area contributed by atoms with Crippen molar-refractivity contribution < 1.29 is 37.9 Å². The summed E-state index contributed by atoms with van der Waals surface area (Å²) in [7, 11) is -2.34. The summed E-state index contributed by atoms with van der Waals surface area (Å²) in [5, 5.41) is 0.141. The number of amides is 2. The second kappa shape index (κ2) is 8.91. The van der Waals surface area contributed by atoms with Crippen LogP contribution in [0.1, 0.15) is 19.4 Å². The molecule has 1 aliphatic rings. The van der Waals surface area contributed by atoms with Gasteiger partial charge in [-0.2, -0.15) is 0 Å². The van der Waals surface area contributed by atoms with E-state index in [0.717, 1.165) is 0 Å². The van der Waals surface area contributed by atoms with Gasteiger partial charge in [0.2, 0.25) is 5.75 Å². The van der Waals surface area contributed by atoms with Crippen molar-refractivity contribution in [2.45, 2.75) is 13.8 Å². The number of likely N-dealkylation sites (N-methyl/N-ethyl adjacent to an activating group) is 2. The second-order valence-corrected chi connectivity index (χ2v) is 7.30. The zero-order valence-corrected chi connectivity index (χ0v) is 18.0. The first-order valence-electron chi connectivity index (χ1n) is 8.48. The Balaban J connectivity index is 2.60. The number of phosphoric acid groups is 1. The van der Waals surface area contributed by atoms with Gasteiger partial charge in [0.25, 0.3) is 11.8 Å². The number of nitrogens with zero attached hydrogens (tertiary/aromatic N) is 2. The Bertz CT molecular complexity index is 873. The number of hydrogen-bond donors (Lipinski definition) is 2. The highest BCUT2D eigenvalue weighted by atomic mass is 32.1. The van der Waals surface area contributed by atoms with E-state index in [4.69, 9.17) is 31.5 Å². The molecule has 2 rings (SSSR count). The summed E-state index contributed by atoms with van der Waals surface area (Å²) >= 11 is 5.22. The monoisotopic (exact) mass is 444 g/mol. The smallest absolute Gasteiger partial charge is 0.493 e. The molecule has 0 saturated carbocycles. The lowest BCUT2D eigenvalue weighted by Gasteiger charge is -2.35. The van der Waals surface area contributed by atoms with Gasteiger partial charge in [-0.3, -0.25) is 29.2 Å². The van der Waals surface area contributed by atoms with E-state index in [-0.39, 0.29) is 27.9 Å². The maximum absolute atomic E-state index is 12.7. The molecule has 2 N–H and O–H groups in total. The average molecular weight is 444 g/mol. The fraction of sp³-hybridized carbons (Fsp3) is 0.353. The zero-order chi connectivity index (χ0) is 21.9. The lowest BCUT2D eigenvalue weighted by Crippen LogP contribution is -2.55. The fourth-order valence-electron chi connectivity index (χ4n) is 2.74. The molecule has 0 spiro atoms. The third kappa shape index (κ3) is 4.76. The number of methoxy groups -OCH3 is 2. The maximum Gasteiger partial charge on any atom is 0.525 e. The molecule has 1 heterocycles. The summed E-state index contributed by atoms with van der Waals surface area (Å²) in [4.78, 5) is 46.3. The Kier molecular flexibility index (Phi) is 7.02. The molecule has 1 fully saturated rings. The largest absolute Gasteiger partial charge is 0.525 e. The van der Waals surface area contributed by atoms with Gasteiger partial charge in [-0.1, -0.05) is 0 Å². The van der Waals surface area contributed by atoms with Crippen molar-refractivity contribution in [2.75, 3.05) is 27.3 Å². The van der Waals surface area contributed by atoms with Crippen LogP contribution >= 0.6 is 20.0 Å². The van der Waals surface area contributed by atoms with Gasteiger partial charge < -0.3 is 14.0 Å². The molecule has 0 radical (unpaired) electrons. The van der Waals surface area contributed by atoms with Gasteiger partial charge in [-0.25, -0.2) is 4.57 Å². The molecule has 0 atom stereocenters. The van der Waals surface area contributed by atoms with Crippen molar-refractivity contribution in [1.82, 2.24) is 9.80 Å². The Morgan fingerprint density at radius 2 is 1.48 bits per heavy atom.